The summed E-state index contributed by atoms with van der Waals surface area (Å²) in [7, 11) is 0. The Morgan fingerprint density at radius 1 is 1.25 bits per heavy atom. The summed E-state index contributed by atoms with van der Waals surface area (Å²) in [5, 5.41) is 1.72. The Labute approximate surface area is 197 Å². The van der Waals surface area contributed by atoms with Crippen LogP contribution in [0.3, 0.4) is 0 Å². The second-order valence-electron chi connectivity index (χ2n) is 8.28. The largest absolute Gasteiger partial charge is 0.492 e. The maximum Gasteiger partial charge on any atom is 0.264 e. The molecule has 1 atom stereocenters. The van der Waals surface area contributed by atoms with Crippen LogP contribution in [0.15, 0.2) is 45.5 Å². The molecule has 168 valence electrons. The molecule has 1 unspecified atom stereocenters. The van der Waals surface area contributed by atoms with Gasteiger partial charge in [-0.05, 0) is 42.9 Å². The van der Waals surface area contributed by atoms with Gasteiger partial charge in [0.05, 0.1) is 15.7 Å². The first-order chi connectivity index (χ1) is 15.5. The highest BCUT2D eigenvalue weighted by molar-refractivity contribution is 8.00. The molecule has 1 amide bonds. The first-order valence-electron chi connectivity index (χ1n) is 10.4. The van der Waals surface area contributed by atoms with E-state index in [4.69, 9.17) is 10.5 Å². The Balaban J connectivity index is 1.40. The molecule has 9 heteroatoms. The fourth-order valence-electron chi connectivity index (χ4n) is 4.75. The number of carbonyl (C=O) groups is 1. The number of piperidine rings is 1. The van der Waals surface area contributed by atoms with E-state index >= 15 is 0 Å². The zero-order chi connectivity index (χ0) is 22.5. The predicted octanol–water partition coefficient (Wildman–Crippen LogP) is 4.23. The Morgan fingerprint density at radius 2 is 2.03 bits per heavy atom. The molecule has 2 aromatic carbocycles. The van der Waals surface area contributed by atoms with Crippen LogP contribution in [0.1, 0.15) is 33.6 Å². The number of benzene rings is 2. The van der Waals surface area contributed by atoms with E-state index in [0.717, 1.165) is 39.1 Å². The van der Waals surface area contributed by atoms with Crippen molar-refractivity contribution in [3.05, 3.63) is 52.4 Å². The van der Waals surface area contributed by atoms with Gasteiger partial charge in [-0.25, -0.2) is 4.21 Å². The molecule has 32 heavy (non-hydrogen) atoms. The van der Waals surface area contributed by atoms with E-state index in [0.29, 0.717) is 36.0 Å². The van der Waals surface area contributed by atoms with Gasteiger partial charge in [0.25, 0.3) is 5.91 Å². The highest BCUT2D eigenvalue weighted by Gasteiger charge is 2.44. The number of amides is 1. The van der Waals surface area contributed by atoms with Gasteiger partial charge in [-0.3, -0.25) is 4.79 Å². The molecule has 0 aliphatic carbocycles. The van der Waals surface area contributed by atoms with Gasteiger partial charge in [0.1, 0.15) is 10.6 Å². The molecule has 3 N–H and O–H groups in total. The zero-order valence-electron chi connectivity index (χ0n) is 17.6. The minimum Gasteiger partial charge on any atom is -0.492 e. The Hall–Kier alpha value is -1.91. The lowest BCUT2D eigenvalue weighted by atomic mass is 9.74. The molecule has 2 aliphatic heterocycles. The molecule has 1 spiro atoms. The number of carbonyl (C=O) groups excluding carboxylic acids is 1. The summed E-state index contributed by atoms with van der Waals surface area (Å²) in [5.41, 5.74) is 8.12. The van der Waals surface area contributed by atoms with Gasteiger partial charge in [0, 0.05) is 41.4 Å². The van der Waals surface area contributed by atoms with Gasteiger partial charge in [-0.1, -0.05) is 18.2 Å². The molecular formula is C23H24N2O4S3. The predicted molar refractivity (Wildman–Crippen MR) is 129 cm³/mol. The molecule has 0 bridgehead atoms. The first-order valence-corrected chi connectivity index (χ1v) is 13.6. The van der Waals surface area contributed by atoms with Crippen molar-refractivity contribution in [2.24, 2.45) is 5.73 Å². The van der Waals surface area contributed by atoms with Gasteiger partial charge in [0.15, 0.2) is 11.1 Å². The number of hydrogen-bond acceptors (Lipinski definition) is 6. The molecule has 5 rings (SSSR count). The Bertz CT molecular complexity index is 1230. The molecule has 2 aliphatic rings. The standard InChI is InChI=1S/C23H24N2O4S3/c1-30-22-17-11-15(32(27)28)3-4-16(17)20(31-22)21(26)25-8-6-23(7-9-25)13-29-19-5-2-14(12-24)10-18(19)23/h2-5,10-11H,6-9,12-13,24H2,1H3,(H,27,28). The number of rotatable bonds is 4. The van der Waals surface area contributed by atoms with Crippen molar-refractivity contribution in [2.45, 2.75) is 33.9 Å². The number of nitrogens with zero attached hydrogens (tertiary/aromatic N) is 1. The van der Waals surface area contributed by atoms with Gasteiger partial charge < -0.3 is 19.9 Å². The highest BCUT2D eigenvalue weighted by atomic mass is 32.2. The fraction of sp³-hybridized carbons (Fsp3) is 0.348. The van der Waals surface area contributed by atoms with Gasteiger partial charge in [-0.2, -0.15) is 0 Å². The third kappa shape index (κ3) is 3.56. The maximum atomic E-state index is 13.5. The minimum absolute atomic E-state index is 0.0304. The van der Waals surface area contributed by atoms with Crippen molar-refractivity contribution in [2.75, 3.05) is 26.0 Å². The summed E-state index contributed by atoms with van der Waals surface area (Å²) in [5.74, 6) is 0.968. The second-order valence-corrected chi connectivity index (χ2v) is 11.3. The van der Waals surface area contributed by atoms with Gasteiger partial charge >= 0.3 is 0 Å². The molecule has 3 aromatic rings. The summed E-state index contributed by atoms with van der Waals surface area (Å²) in [6, 6.07) is 11.3. The van der Waals surface area contributed by atoms with Crippen LogP contribution in [0.4, 0.5) is 0 Å². The van der Waals surface area contributed by atoms with Gasteiger partial charge in [-0.15, -0.1) is 23.1 Å². The van der Waals surface area contributed by atoms with Crippen molar-refractivity contribution in [1.82, 2.24) is 4.90 Å². The van der Waals surface area contributed by atoms with E-state index in [9.17, 15) is 13.6 Å². The average molecular weight is 489 g/mol. The molecular weight excluding hydrogens is 464 g/mol. The van der Waals surface area contributed by atoms with E-state index in [2.05, 4.69) is 6.07 Å². The van der Waals surface area contributed by atoms with E-state index in [-0.39, 0.29) is 11.3 Å². The van der Waals surface area contributed by atoms with Crippen molar-refractivity contribution >= 4 is 50.9 Å². The van der Waals surface area contributed by atoms with Crippen molar-refractivity contribution in [3.8, 4) is 5.75 Å². The summed E-state index contributed by atoms with van der Waals surface area (Å²) in [6.07, 6.45) is 3.66. The van der Waals surface area contributed by atoms with E-state index in [1.807, 2.05) is 23.3 Å². The van der Waals surface area contributed by atoms with Crippen LogP contribution < -0.4 is 10.5 Å². The third-order valence-corrected chi connectivity index (χ3v) is 9.60. The topological polar surface area (TPSA) is 92.9 Å². The van der Waals surface area contributed by atoms with Gasteiger partial charge in [0.2, 0.25) is 0 Å². The van der Waals surface area contributed by atoms with Crippen molar-refractivity contribution < 1.29 is 18.3 Å². The lowest BCUT2D eigenvalue weighted by Crippen LogP contribution is -2.45. The summed E-state index contributed by atoms with van der Waals surface area (Å²) in [6.45, 7) is 2.49. The molecule has 3 heterocycles. The molecule has 0 radical (unpaired) electrons. The van der Waals surface area contributed by atoms with Crippen LogP contribution in [0.2, 0.25) is 0 Å². The smallest absolute Gasteiger partial charge is 0.264 e. The number of ether oxygens (including phenoxy) is 1. The second kappa shape index (κ2) is 8.46. The Kier molecular flexibility index (Phi) is 5.79. The van der Waals surface area contributed by atoms with Crippen LogP contribution >= 0.6 is 23.1 Å². The van der Waals surface area contributed by atoms with E-state index in [1.54, 1.807) is 30.0 Å². The lowest BCUT2D eigenvalue weighted by molar-refractivity contribution is 0.0653. The van der Waals surface area contributed by atoms with E-state index in [1.165, 1.54) is 16.9 Å². The summed E-state index contributed by atoms with van der Waals surface area (Å²) in [4.78, 5) is 16.5. The molecule has 6 nitrogen and oxygen atoms in total. The monoisotopic (exact) mass is 488 g/mol. The van der Waals surface area contributed by atoms with Crippen molar-refractivity contribution in [3.63, 3.8) is 0 Å². The number of likely N-dealkylation sites (tertiary alicyclic amines) is 1. The molecule has 1 saturated heterocycles. The van der Waals surface area contributed by atoms with Crippen LogP contribution in [0, 0.1) is 0 Å². The number of hydrogen-bond donors (Lipinski definition) is 2. The van der Waals surface area contributed by atoms with E-state index < -0.39 is 11.1 Å². The first kappa shape index (κ1) is 21.9. The summed E-state index contributed by atoms with van der Waals surface area (Å²) < 4.78 is 27.9. The number of thioether (sulfide) groups is 1. The number of nitrogens with two attached hydrogens (primary N) is 1. The number of fused-ring (bicyclic) bond motifs is 3. The average Bonchev–Trinajstić information content (AvgIpc) is 3.37. The third-order valence-electron chi connectivity index (χ3n) is 6.59. The van der Waals surface area contributed by atoms with Crippen LogP contribution in [0.5, 0.6) is 5.75 Å². The molecule has 1 fully saturated rings. The van der Waals surface area contributed by atoms with Crippen LogP contribution in [-0.4, -0.2) is 45.5 Å². The lowest BCUT2D eigenvalue weighted by Gasteiger charge is -2.38. The normalized spacial score (nSPS) is 18.0. The van der Waals surface area contributed by atoms with Crippen molar-refractivity contribution in [1.29, 1.82) is 0 Å². The number of thiophene rings is 1. The molecule has 0 saturated carbocycles. The Morgan fingerprint density at radius 3 is 2.72 bits per heavy atom. The molecule has 1 aromatic heterocycles. The van der Waals surface area contributed by atoms with Crippen LogP contribution in [-0.2, 0) is 23.0 Å². The fourth-order valence-corrected chi connectivity index (χ4v) is 7.09. The summed E-state index contributed by atoms with van der Waals surface area (Å²) >= 11 is 0.973. The zero-order valence-corrected chi connectivity index (χ0v) is 20.1. The highest BCUT2D eigenvalue weighted by Crippen LogP contribution is 2.46. The van der Waals surface area contributed by atoms with Crippen LogP contribution in [0.25, 0.3) is 10.8 Å². The maximum absolute atomic E-state index is 13.5. The SMILES string of the molecule is CSc1sc(C(=O)N2CCC3(CC2)COc2ccc(CN)cc23)c2ccc(S(=O)O)cc12. The quantitative estimate of drug-likeness (QED) is 0.422. The minimum atomic E-state index is -2.05.